The molecule has 6 heteroatoms. The molecular weight excluding hydrogens is 331 g/mol. The van der Waals surface area contributed by atoms with Crippen LogP contribution in [0.3, 0.4) is 0 Å². The van der Waals surface area contributed by atoms with Crippen LogP contribution in [0.1, 0.15) is 24.2 Å². The molecule has 5 nitrogen and oxygen atoms in total. The summed E-state index contributed by atoms with van der Waals surface area (Å²) in [7, 11) is 0. The molecule has 26 heavy (non-hydrogen) atoms. The first kappa shape index (κ1) is 16.7. The Balaban J connectivity index is 1.50. The number of H-pyrrole nitrogens is 1. The minimum absolute atomic E-state index is 0.0119. The summed E-state index contributed by atoms with van der Waals surface area (Å²) in [6.07, 6.45) is 2.34. The molecule has 0 bridgehead atoms. The van der Waals surface area contributed by atoms with E-state index in [2.05, 4.69) is 20.6 Å². The molecular formula is C20H21FN4O. The third-order valence-electron chi connectivity index (χ3n) is 4.78. The van der Waals surface area contributed by atoms with E-state index < -0.39 is 0 Å². The zero-order valence-electron chi connectivity index (χ0n) is 14.4. The van der Waals surface area contributed by atoms with E-state index in [4.69, 9.17) is 0 Å². The topological polar surface area (TPSA) is 69.8 Å². The number of nitrogens with zero attached hydrogens (tertiary/aromatic N) is 1. The molecule has 1 aliphatic rings. The molecule has 3 N–H and O–H groups in total. The van der Waals surface area contributed by atoms with Crippen molar-refractivity contribution in [2.24, 2.45) is 5.92 Å². The molecule has 134 valence electrons. The van der Waals surface area contributed by atoms with Gasteiger partial charge in [-0.1, -0.05) is 18.2 Å². The second-order valence-electron chi connectivity index (χ2n) is 6.72. The number of nitrogens with one attached hydrogen (secondary N) is 3. The predicted molar refractivity (Wildman–Crippen MR) is 99.5 cm³/mol. The Morgan fingerprint density at radius 2 is 2.15 bits per heavy atom. The van der Waals surface area contributed by atoms with E-state index >= 15 is 0 Å². The molecule has 1 unspecified atom stereocenters. The molecule has 3 aromatic rings. The number of fused-ring (bicyclic) bond motifs is 1. The van der Waals surface area contributed by atoms with Gasteiger partial charge in [-0.2, -0.15) is 0 Å². The summed E-state index contributed by atoms with van der Waals surface area (Å²) in [5.41, 5.74) is 2.98. The number of hydrogen-bond donors (Lipinski definition) is 3. The molecule has 2 heterocycles. The molecule has 1 aliphatic heterocycles. The van der Waals surface area contributed by atoms with Gasteiger partial charge in [0.05, 0.1) is 17.0 Å². The standard InChI is InChI=1S/C20H21FN4O/c21-16-6-2-1-4-13(16)10-19-24-17-8-7-15(11-18(17)25-19)23-20(26)14-5-3-9-22-12-14/h1-2,4,6-8,11,14,22H,3,5,9-10,12H2,(H,23,26)(H,24,25). The lowest BCUT2D eigenvalue weighted by Crippen LogP contribution is -2.37. The molecule has 0 saturated carbocycles. The van der Waals surface area contributed by atoms with Crippen LogP contribution in [0.5, 0.6) is 0 Å². The second-order valence-corrected chi connectivity index (χ2v) is 6.72. The van der Waals surface area contributed by atoms with Gasteiger partial charge in [0.1, 0.15) is 11.6 Å². The van der Waals surface area contributed by atoms with Gasteiger partial charge >= 0.3 is 0 Å². The van der Waals surface area contributed by atoms with E-state index in [9.17, 15) is 9.18 Å². The van der Waals surface area contributed by atoms with Gasteiger partial charge in [-0.05, 0) is 49.2 Å². The van der Waals surface area contributed by atoms with Crippen LogP contribution in [0.4, 0.5) is 10.1 Å². The van der Waals surface area contributed by atoms with Crippen LogP contribution in [0, 0.1) is 11.7 Å². The van der Waals surface area contributed by atoms with Crippen LogP contribution in [-0.4, -0.2) is 29.0 Å². The maximum Gasteiger partial charge on any atom is 0.228 e. The highest BCUT2D eigenvalue weighted by Gasteiger charge is 2.21. The lowest BCUT2D eigenvalue weighted by Gasteiger charge is -2.21. The normalized spacial score (nSPS) is 17.3. The first-order valence-electron chi connectivity index (χ1n) is 8.93. The van der Waals surface area contributed by atoms with Crippen molar-refractivity contribution in [3.63, 3.8) is 0 Å². The number of halogens is 1. The summed E-state index contributed by atoms with van der Waals surface area (Å²) in [5, 5.41) is 6.24. The first-order valence-corrected chi connectivity index (χ1v) is 8.93. The molecule has 0 radical (unpaired) electrons. The SMILES string of the molecule is O=C(Nc1ccc2nc(Cc3ccccc3F)[nH]c2c1)C1CCCNC1. The van der Waals surface area contributed by atoms with Gasteiger partial charge in [0.25, 0.3) is 0 Å². The first-order chi connectivity index (χ1) is 12.7. The smallest absolute Gasteiger partial charge is 0.228 e. The van der Waals surface area contributed by atoms with Gasteiger partial charge in [0.2, 0.25) is 5.91 Å². The fraction of sp³-hybridized carbons (Fsp3) is 0.300. The minimum atomic E-state index is -0.234. The lowest BCUT2D eigenvalue weighted by molar-refractivity contribution is -0.120. The fourth-order valence-electron chi connectivity index (χ4n) is 3.37. The van der Waals surface area contributed by atoms with Gasteiger partial charge in [-0.15, -0.1) is 0 Å². The average molecular weight is 352 g/mol. The van der Waals surface area contributed by atoms with Crippen LogP contribution in [-0.2, 0) is 11.2 Å². The number of aromatic amines is 1. The molecule has 4 rings (SSSR count). The number of hydrogen-bond acceptors (Lipinski definition) is 3. The van der Waals surface area contributed by atoms with E-state index in [0.717, 1.165) is 42.7 Å². The number of imidazole rings is 1. The predicted octanol–water partition coefficient (Wildman–Crippen LogP) is 3.23. The summed E-state index contributed by atoms with van der Waals surface area (Å²) in [6.45, 7) is 1.71. The molecule has 1 atom stereocenters. The van der Waals surface area contributed by atoms with Crippen LogP contribution in [0.15, 0.2) is 42.5 Å². The number of rotatable bonds is 4. The summed E-state index contributed by atoms with van der Waals surface area (Å²) in [5.74, 6) is 0.521. The van der Waals surface area contributed by atoms with E-state index in [1.165, 1.54) is 6.07 Å². The Hall–Kier alpha value is -2.73. The Morgan fingerprint density at radius 3 is 2.96 bits per heavy atom. The Kier molecular flexibility index (Phi) is 4.67. The molecule has 1 aromatic heterocycles. The Morgan fingerprint density at radius 1 is 1.27 bits per heavy atom. The third kappa shape index (κ3) is 3.60. The number of amides is 1. The second kappa shape index (κ2) is 7.25. The third-order valence-corrected chi connectivity index (χ3v) is 4.78. The van der Waals surface area contributed by atoms with Crippen LogP contribution in [0.25, 0.3) is 11.0 Å². The van der Waals surface area contributed by atoms with Crippen LogP contribution < -0.4 is 10.6 Å². The summed E-state index contributed by atoms with van der Waals surface area (Å²) >= 11 is 0. The molecule has 1 amide bonds. The molecule has 1 fully saturated rings. The number of aromatic nitrogens is 2. The highest BCUT2D eigenvalue weighted by molar-refractivity contribution is 5.94. The zero-order valence-corrected chi connectivity index (χ0v) is 14.4. The van der Waals surface area contributed by atoms with E-state index in [0.29, 0.717) is 17.8 Å². The summed E-state index contributed by atoms with van der Waals surface area (Å²) in [6, 6.07) is 12.3. The van der Waals surface area contributed by atoms with Gasteiger partial charge in [-0.25, -0.2) is 9.37 Å². The van der Waals surface area contributed by atoms with Crippen LogP contribution >= 0.6 is 0 Å². The summed E-state index contributed by atoms with van der Waals surface area (Å²) < 4.78 is 13.8. The van der Waals surface area contributed by atoms with Crippen LogP contribution in [0.2, 0.25) is 0 Å². The quantitative estimate of drug-likeness (QED) is 0.675. The molecule has 2 aromatic carbocycles. The number of carbonyl (C=O) groups excluding carboxylic acids is 1. The highest BCUT2D eigenvalue weighted by Crippen LogP contribution is 2.21. The lowest BCUT2D eigenvalue weighted by atomic mass is 9.99. The van der Waals surface area contributed by atoms with Crippen molar-refractivity contribution in [3.05, 3.63) is 59.7 Å². The van der Waals surface area contributed by atoms with Gasteiger partial charge < -0.3 is 15.6 Å². The molecule has 1 saturated heterocycles. The monoisotopic (exact) mass is 352 g/mol. The fourth-order valence-corrected chi connectivity index (χ4v) is 3.37. The zero-order chi connectivity index (χ0) is 17.9. The maximum absolute atomic E-state index is 13.8. The number of carbonyl (C=O) groups is 1. The van der Waals surface area contributed by atoms with Gasteiger partial charge in [-0.3, -0.25) is 4.79 Å². The van der Waals surface area contributed by atoms with E-state index in [-0.39, 0.29) is 17.6 Å². The van der Waals surface area contributed by atoms with Gasteiger partial charge in [0, 0.05) is 18.7 Å². The van der Waals surface area contributed by atoms with Crippen molar-refractivity contribution in [3.8, 4) is 0 Å². The minimum Gasteiger partial charge on any atom is -0.342 e. The number of piperidine rings is 1. The maximum atomic E-state index is 13.8. The Labute approximate surface area is 151 Å². The van der Waals surface area contributed by atoms with Crippen molar-refractivity contribution in [1.29, 1.82) is 0 Å². The number of benzene rings is 2. The van der Waals surface area contributed by atoms with Crippen molar-refractivity contribution >= 4 is 22.6 Å². The largest absolute Gasteiger partial charge is 0.342 e. The molecule has 0 spiro atoms. The number of anilines is 1. The highest BCUT2D eigenvalue weighted by atomic mass is 19.1. The van der Waals surface area contributed by atoms with Crippen molar-refractivity contribution in [1.82, 2.24) is 15.3 Å². The van der Waals surface area contributed by atoms with Gasteiger partial charge in [0.15, 0.2) is 0 Å². The van der Waals surface area contributed by atoms with Crippen molar-refractivity contribution in [2.75, 3.05) is 18.4 Å². The van der Waals surface area contributed by atoms with E-state index in [1.807, 2.05) is 24.3 Å². The summed E-state index contributed by atoms with van der Waals surface area (Å²) in [4.78, 5) is 20.1. The van der Waals surface area contributed by atoms with Crippen molar-refractivity contribution < 1.29 is 9.18 Å². The molecule has 0 aliphatic carbocycles. The average Bonchev–Trinajstić information content (AvgIpc) is 3.06. The Bertz CT molecular complexity index is 930. The van der Waals surface area contributed by atoms with E-state index in [1.54, 1.807) is 12.1 Å². The van der Waals surface area contributed by atoms with Crippen molar-refractivity contribution in [2.45, 2.75) is 19.3 Å².